The van der Waals surface area contributed by atoms with Gasteiger partial charge in [-0.25, -0.2) is 24.5 Å². The molecule has 0 aliphatic carbocycles. The number of aromatic nitrogens is 3. The van der Waals surface area contributed by atoms with E-state index in [1.807, 2.05) is 0 Å². The standard InChI is InChI=1S/C20H18F3N5O4S/c1-4-24-19(30)28-15-6-11(17-27-14(9-33-17)20(21,22)23)13(8-25-15)10-5-12(18(29)32-3)16(31-2)26-7-10/h5-9H,4H2,1-3H3,(H2,24,25,28,30). The number of nitrogens with one attached hydrogen (secondary N) is 2. The van der Waals surface area contributed by atoms with Crippen LogP contribution in [0, 0.1) is 0 Å². The van der Waals surface area contributed by atoms with Crippen molar-refractivity contribution in [3.8, 4) is 27.6 Å². The average Bonchev–Trinajstić information content (AvgIpc) is 3.29. The molecule has 0 atom stereocenters. The highest BCUT2D eigenvalue weighted by molar-refractivity contribution is 7.13. The summed E-state index contributed by atoms with van der Waals surface area (Å²) in [5.41, 5.74) is -0.0957. The lowest BCUT2D eigenvalue weighted by Crippen LogP contribution is -2.28. The van der Waals surface area contributed by atoms with Crippen molar-refractivity contribution in [3.05, 3.63) is 41.2 Å². The van der Waals surface area contributed by atoms with Gasteiger partial charge in [0.15, 0.2) is 5.69 Å². The van der Waals surface area contributed by atoms with Crippen molar-refractivity contribution in [2.24, 2.45) is 0 Å². The van der Waals surface area contributed by atoms with Crippen LogP contribution in [0.25, 0.3) is 21.7 Å². The number of carbonyl (C=O) groups is 2. The van der Waals surface area contributed by atoms with E-state index >= 15 is 0 Å². The van der Waals surface area contributed by atoms with Gasteiger partial charge in [-0.1, -0.05) is 0 Å². The number of carbonyl (C=O) groups excluding carboxylic acids is 2. The minimum Gasteiger partial charge on any atom is -0.480 e. The number of ether oxygens (including phenoxy) is 2. The second-order valence-electron chi connectivity index (χ2n) is 6.41. The van der Waals surface area contributed by atoms with Gasteiger partial charge >= 0.3 is 18.2 Å². The van der Waals surface area contributed by atoms with E-state index in [-0.39, 0.29) is 27.8 Å². The van der Waals surface area contributed by atoms with Gasteiger partial charge in [0.2, 0.25) is 5.88 Å². The summed E-state index contributed by atoms with van der Waals surface area (Å²) in [6, 6.07) is 2.29. The number of rotatable bonds is 6. The van der Waals surface area contributed by atoms with Gasteiger partial charge in [-0.05, 0) is 19.1 Å². The predicted molar refractivity (Wildman–Crippen MR) is 114 cm³/mol. The van der Waals surface area contributed by atoms with Gasteiger partial charge in [0.05, 0.1) is 14.2 Å². The molecular weight excluding hydrogens is 463 g/mol. The maximum absolute atomic E-state index is 13.1. The number of anilines is 1. The molecule has 3 heterocycles. The summed E-state index contributed by atoms with van der Waals surface area (Å²) in [5, 5.41) is 5.97. The van der Waals surface area contributed by atoms with Gasteiger partial charge in [-0.3, -0.25) is 5.32 Å². The van der Waals surface area contributed by atoms with Crippen molar-refractivity contribution in [2.75, 3.05) is 26.1 Å². The van der Waals surface area contributed by atoms with Crippen LogP contribution < -0.4 is 15.4 Å². The van der Waals surface area contributed by atoms with Crippen molar-refractivity contribution in [2.45, 2.75) is 13.1 Å². The number of nitrogens with zero attached hydrogens (tertiary/aromatic N) is 3. The van der Waals surface area contributed by atoms with E-state index in [0.29, 0.717) is 17.7 Å². The third-order valence-electron chi connectivity index (χ3n) is 4.27. The number of pyridine rings is 2. The number of alkyl halides is 3. The molecule has 0 aliphatic rings. The molecule has 0 spiro atoms. The first kappa shape index (κ1) is 23.9. The first-order chi connectivity index (χ1) is 15.7. The van der Waals surface area contributed by atoms with Gasteiger partial charge in [0.25, 0.3) is 0 Å². The van der Waals surface area contributed by atoms with Crippen molar-refractivity contribution >= 4 is 29.2 Å². The van der Waals surface area contributed by atoms with Gasteiger partial charge in [0.1, 0.15) is 16.4 Å². The Morgan fingerprint density at radius 1 is 1.12 bits per heavy atom. The molecule has 3 rings (SSSR count). The lowest BCUT2D eigenvalue weighted by Gasteiger charge is -2.13. The number of urea groups is 1. The maximum Gasteiger partial charge on any atom is 0.434 e. The SMILES string of the molecule is CCNC(=O)Nc1cc(-c2nc(C(F)(F)F)cs2)c(-c2cnc(OC)c(C(=O)OC)c2)cn1. The fourth-order valence-corrected chi connectivity index (χ4v) is 3.65. The second kappa shape index (κ2) is 9.81. The van der Waals surface area contributed by atoms with Crippen LogP contribution in [0.4, 0.5) is 23.8 Å². The summed E-state index contributed by atoms with van der Waals surface area (Å²) >= 11 is 0.775. The van der Waals surface area contributed by atoms with E-state index in [1.165, 1.54) is 38.7 Å². The van der Waals surface area contributed by atoms with Gasteiger partial charge < -0.3 is 14.8 Å². The molecule has 0 fully saturated rings. The molecule has 13 heteroatoms. The summed E-state index contributed by atoms with van der Waals surface area (Å²) in [7, 11) is 2.52. The molecule has 3 aromatic heterocycles. The summed E-state index contributed by atoms with van der Waals surface area (Å²) < 4.78 is 49.2. The van der Waals surface area contributed by atoms with Crippen molar-refractivity contribution in [3.63, 3.8) is 0 Å². The average molecular weight is 481 g/mol. The smallest absolute Gasteiger partial charge is 0.434 e. The Labute approximate surface area is 190 Å². The number of halogens is 3. The minimum absolute atomic E-state index is 0.0168. The zero-order chi connectivity index (χ0) is 24.2. The second-order valence-corrected chi connectivity index (χ2v) is 7.27. The molecule has 2 N–H and O–H groups in total. The zero-order valence-corrected chi connectivity index (χ0v) is 18.4. The normalized spacial score (nSPS) is 11.1. The van der Waals surface area contributed by atoms with Gasteiger partial charge in [-0.15, -0.1) is 11.3 Å². The molecular formula is C20H18F3N5O4S. The highest BCUT2D eigenvalue weighted by atomic mass is 32.1. The Kier molecular flexibility index (Phi) is 7.11. The first-order valence-corrected chi connectivity index (χ1v) is 10.3. The van der Waals surface area contributed by atoms with Crippen LogP contribution in [0.2, 0.25) is 0 Å². The molecule has 0 aliphatic heterocycles. The Morgan fingerprint density at radius 3 is 2.48 bits per heavy atom. The number of amides is 2. The Morgan fingerprint density at radius 2 is 1.88 bits per heavy atom. The molecule has 174 valence electrons. The van der Waals surface area contributed by atoms with E-state index in [9.17, 15) is 22.8 Å². The van der Waals surface area contributed by atoms with Crippen LogP contribution in [0.3, 0.4) is 0 Å². The molecule has 0 unspecified atom stereocenters. The molecule has 0 bridgehead atoms. The molecule has 0 saturated carbocycles. The Bertz CT molecular complexity index is 1180. The highest BCUT2D eigenvalue weighted by Crippen LogP contribution is 2.39. The van der Waals surface area contributed by atoms with Crippen LogP contribution in [-0.4, -0.2) is 47.7 Å². The van der Waals surface area contributed by atoms with Crippen LogP contribution >= 0.6 is 11.3 Å². The molecule has 0 saturated heterocycles. The lowest BCUT2D eigenvalue weighted by molar-refractivity contribution is -0.140. The topological polar surface area (TPSA) is 115 Å². The molecule has 2 amide bonds. The third kappa shape index (κ3) is 5.37. The Hall–Kier alpha value is -3.74. The van der Waals surface area contributed by atoms with E-state index < -0.39 is 23.9 Å². The Balaban J connectivity index is 2.16. The van der Waals surface area contributed by atoms with Gasteiger partial charge in [0, 0.05) is 41.0 Å². The monoisotopic (exact) mass is 481 g/mol. The third-order valence-corrected chi connectivity index (χ3v) is 5.14. The fraction of sp³-hybridized carbons (Fsp3) is 0.250. The van der Waals surface area contributed by atoms with Crippen LogP contribution in [0.1, 0.15) is 23.0 Å². The van der Waals surface area contributed by atoms with E-state index in [2.05, 4.69) is 25.6 Å². The summed E-state index contributed by atoms with van der Waals surface area (Å²) in [6.45, 7) is 2.09. The zero-order valence-electron chi connectivity index (χ0n) is 17.6. The van der Waals surface area contributed by atoms with Crippen LogP contribution in [-0.2, 0) is 10.9 Å². The maximum atomic E-state index is 13.1. The predicted octanol–water partition coefficient (Wildman–Crippen LogP) is 4.22. The van der Waals surface area contributed by atoms with Gasteiger partial charge in [-0.2, -0.15) is 13.2 Å². The summed E-state index contributed by atoms with van der Waals surface area (Å²) in [5.74, 6) is -0.597. The van der Waals surface area contributed by atoms with E-state index in [1.54, 1.807) is 6.92 Å². The van der Waals surface area contributed by atoms with E-state index in [0.717, 1.165) is 16.7 Å². The number of hydrogen-bond acceptors (Lipinski definition) is 8. The van der Waals surface area contributed by atoms with Crippen LogP contribution in [0.15, 0.2) is 29.9 Å². The van der Waals surface area contributed by atoms with Crippen molar-refractivity contribution < 1.29 is 32.2 Å². The quantitative estimate of drug-likeness (QED) is 0.507. The molecule has 9 nitrogen and oxygen atoms in total. The lowest BCUT2D eigenvalue weighted by atomic mass is 10.0. The van der Waals surface area contributed by atoms with Crippen LogP contribution in [0.5, 0.6) is 5.88 Å². The molecule has 3 aromatic rings. The van der Waals surface area contributed by atoms with E-state index in [4.69, 9.17) is 9.47 Å². The summed E-state index contributed by atoms with van der Waals surface area (Å²) in [6.07, 6.45) is -1.90. The summed E-state index contributed by atoms with van der Waals surface area (Å²) in [4.78, 5) is 36.0. The first-order valence-electron chi connectivity index (χ1n) is 9.38. The highest BCUT2D eigenvalue weighted by Gasteiger charge is 2.34. The molecule has 33 heavy (non-hydrogen) atoms. The largest absolute Gasteiger partial charge is 0.480 e. The van der Waals surface area contributed by atoms with Crippen molar-refractivity contribution in [1.82, 2.24) is 20.3 Å². The number of thiazole rings is 1. The fourth-order valence-electron chi connectivity index (χ4n) is 2.80. The molecule has 0 radical (unpaired) electrons. The number of methoxy groups -OCH3 is 2. The molecule has 0 aromatic carbocycles. The van der Waals surface area contributed by atoms with Crippen molar-refractivity contribution in [1.29, 1.82) is 0 Å². The number of hydrogen-bond donors (Lipinski definition) is 2. The minimum atomic E-state index is -4.62. The number of esters is 1.